The number of nitrogens with zero attached hydrogens (tertiary/aromatic N) is 1. The Hall–Kier alpha value is -2.53. The highest BCUT2D eigenvalue weighted by Crippen LogP contribution is 2.30. The number of nitrogens with one attached hydrogen (secondary N) is 2. The van der Waals surface area contributed by atoms with E-state index in [1.807, 2.05) is 25.1 Å². The predicted octanol–water partition coefficient (Wildman–Crippen LogP) is 4.67. The normalized spacial score (nSPS) is 13.1. The quantitative estimate of drug-likeness (QED) is 0.838. The first-order valence-electron chi connectivity index (χ1n) is 8.33. The molecule has 2 aromatic carbocycles. The van der Waals surface area contributed by atoms with E-state index in [0.717, 1.165) is 30.6 Å². The summed E-state index contributed by atoms with van der Waals surface area (Å²) in [6.07, 6.45) is 2.37. The Morgan fingerprint density at radius 3 is 2.48 bits per heavy atom. The standard InChI is InChI=1S/C19H20ClN3O2/c1-2-18(24)23-11-3-4-13-5-8-16(12-17(13)23)22-19(25)21-15-9-6-14(20)7-10-15/h5-10,12H,2-4,11H2,1H3,(H2,21,22,25). The zero-order valence-electron chi connectivity index (χ0n) is 14.0. The fourth-order valence-electron chi connectivity index (χ4n) is 2.93. The maximum absolute atomic E-state index is 12.2. The molecule has 6 heteroatoms. The Morgan fingerprint density at radius 1 is 1.08 bits per heavy atom. The molecule has 0 spiro atoms. The average Bonchev–Trinajstić information content (AvgIpc) is 2.62. The molecule has 0 saturated heterocycles. The Morgan fingerprint density at radius 2 is 1.76 bits per heavy atom. The monoisotopic (exact) mass is 357 g/mol. The molecule has 0 unspecified atom stereocenters. The molecule has 0 bridgehead atoms. The Labute approximate surface area is 152 Å². The summed E-state index contributed by atoms with van der Waals surface area (Å²) in [6.45, 7) is 2.58. The highest BCUT2D eigenvalue weighted by molar-refractivity contribution is 6.30. The van der Waals surface area contributed by atoms with Crippen LogP contribution in [0.5, 0.6) is 0 Å². The van der Waals surface area contributed by atoms with Crippen LogP contribution in [0.1, 0.15) is 25.3 Å². The Bertz CT molecular complexity index is 790. The summed E-state index contributed by atoms with van der Waals surface area (Å²) in [5, 5.41) is 6.18. The molecule has 0 radical (unpaired) electrons. The van der Waals surface area contributed by atoms with Crippen LogP contribution in [0, 0.1) is 0 Å². The summed E-state index contributed by atoms with van der Waals surface area (Å²) < 4.78 is 0. The lowest BCUT2D eigenvalue weighted by molar-refractivity contribution is -0.118. The third-order valence-electron chi connectivity index (χ3n) is 4.17. The predicted molar refractivity (Wildman–Crippen MR) is 102 cm³/mol. The minimum atomic E-state index is -0.341. The van der Waals surface area contributed by atoms with Gasteiger partial charge < -0.3 is 15.5 Å². The van der Waals surface area contributed by atoms with Crippen molar-refractivity contribution in [2.45, 2.75) is 26.2 Å². The van der Waals surface area contributed by atoms with Crippen LogP contribution in [0.2, 0.25) is 5.02 Å². The van der Waals surface area contributed by atoms with Crippen LogP contribution in [0.4, 0.5) is 21.9 Å². The van der Waals surface area contributed by atoms with E-state index in [1.54, 1.807) is 29.2 Å². The molecule has 2 aromatic rings. The van der Waals surface area contributed by atoms with Crippen LogP contribution in [0.15, 0.2) is 42.5 Å². The van der Waals surface area contributed by atoms with E-state index >= 15 is 0 Å². The molecule has 1 aliphatic heterocycles. The Balaban J connectivity index is 1.74. The maximum Gasteiger partial charge on any atom is 0.323 e. The molecule has 2 N–H and O–H groups in total. The Kier molecular flexibility index (Phi) is 5.24. The van der Waals surface area contributed by atoms with E-state index in [0.29, 0.717) is 22.8 Å². The minimum Gasteiger partial charge on any atom is -0.312 e. The summed E-state index contributed by atoms with van der Waals surface area (Å²) in [6, 6.07) is 12.2. The van der Waals surface area contributed by atoms with E-state index in [2.05, 4.69) is 10.6 Å². The average molecular weight is 358 g/mol. The van der Waals surface area contributed by atoms with Gasteiger partial charge in [0.15, 0.2) is 0 Å². The molecule has 0 aromatic heterocycles. The van der Waals surface area contributed by atoms with Crippen LogP contribution >= 0.6 is 11.6 Å². The zero-order valence-corrected chi connectivity index (χ0v) is 14.8. The molecular weight excluding hydrogens is 338 g/mol. The van der Waals surface area contributed by atoms with Gasteiger partial charge in [0.25, 0.3) is 0 Å². The van der Waals surface area contributed by atoms with Crippen LogP contribution in [-0.4, -0.2) is 18.5 Å². The van der Waals surface area contributed by atoms with Gasteiger partial charge in [0, 0.05) is 35.1 Å². The molecule has 0 fully saturated rings. The third-order valence-corrected chi connectivity index (χ3v) is 4.42. The number of amides is 3. The van der Waals surface area contributed by atoms with E-state index in [4.69, 9.17) is 11.6 Å². The SMILES string of the molecule is CCC(=O)N1CCCc2ccc(NC(=O)Nc3ccc(Cl)cc3)cc21. The number of hydrogen-bond acceptors (Lipinski definition) is 2. The maximum atomic E-state index is 12.2. The molecule has 5 nitrogen and oxygen atoms in total. The summed E-state index contributed by atoms with van der Waals surface area (Å²) in [7, 11) is 0. The highest BCUT2D eigenvalue weighted by Gasteiger charge is 2.21. The lowest BCUT2D eigenvalue weighted by Gasteiger charge is -2.29. The highest BCUT2D eigenvalue weighted by atomic mass is 35.5. The number of halogens is 1. The molecule has 25 heavy (non-hydrogen) atoms. The van der Waals surface area contributed by atoms with Gasteiger partial charge in [0.1, 0.15) is 0 Å². The van der Waals surface area contributed by atoms with Crippen molar-refractivity contribution in [3.63, 3.8) is 0 Å². The topological polar surface area (TPSA) is 61.4 Å². The molecule has 0 atom stereocenters. The number of fused-ring (bicyclic) bond motifs is 1. The van der Waals surface area contributed by atoms with Crippen molar-refractivity contribution >= 4 is 40.6 Å². The molecule has 3 amide bonds. The zero-order chi connectivity index (χ0) is 17.8. The van der Waals surface area contributed by atoms with E-state index in [9.17, 15) is 9.59 Å². The van der Waals surface area contributed by atoms with Gasteiger partial charge >= 0.3 is 6.03 Å². The number of carbonyl (C=O) groups is 2. The second kappa shape index (κ2) is 7.57. The minimum absolute atomic E-state index is 0.101. The largest absolute Gasteiger partial charge is 0.323 e. The van der Waals surface area contributed by atoms with Gasteiger partial charge in [0.2, 0.25) is 5.91 Å². The van der Waals surface area contributed by atoms with Gasteiger partial charge in [0.05, 0.1) is 0 Å². The number of urea groups is 1. The van der Waals surface area contributed by atoms with Crippen molar-refractivity contribution in [1.29, 1.82) is 0 Å². The summed E-state index contributed by atoms with van der Waals surface area (Å²) >= 11 is 5.84. The van der Waals surface area contributed by atoms with Gasteiger partial charge in [-0.15, -0.1) is 0 Å². The van der Waals surface area contributed by atoms with Crippen molar-refractivity contribution in [2.24, 2.45) is 0 Å². The van der Waals surface area contributed by atoms with E-state index < -0.39 is 0 Å². The third kappa shape index (κ3) is 4.12. The fourth-order valence-corrected chi connectivity index (χ4v) is 3.05. The van der Waals surface area contributed by atoms with Gasteiger partial charge in [-0.2, -0.15) is 0 Å². The van der Waals surface area contributed by atoms with Crippen molar-refractivity contribution in [2.75, 3.05) is 22.1 Å². The molecule has 3 rings (SSSR count). The van der Waals surface area contributed by atoms with Crippen LogP contribution in [0.3, 0.4) is 0 Å². The molecule has 1 aliphatic rings. The van der Waals surface area contributed by atoms with Crippen molar-refractivity contribution in [1.82, 2.24) is 0 Å². The lowest BCUT2D eigenvalue weighted by Crippen LogP contribution is -2.35. The number of anilines is 3. The number of aryl methyl sites for hydroxylation is 1. The van der Waals surface area contributed by atoms with Gasteiger partial charge in [-0.25, -0.2) is 4.79 Å². The summed E-state index contributed by atoms with van der Waals surface area (Å²) in [5.41, 5.74) is 3.34. The number of rotatable bonds is 3. The van der Waals surface area contributed by atoms with Crippen LogP contribution < -0.4 is 15.5 Å². The van der Waals surface area contributed by atoms with Crippen LogP contribution in [0.25, 0.3) is 0 Å². The number of carbonyl (C=O) groups excluding carboxylic acids is 2. The second-order valence-electron chi connectivity index (χ2n) is 5.93. The molecule has 0 aliphatic carbocycles. The smallest absolute Gasteiger partial charge is 0.312 e. The van der Waals surface area contributed by atoms with Gasteiger partial charge in [-0.1, -0.05) is 24.6 Å². The van der Waals surface area contributed by atoms with E-state index in [-0.39, 0.29) is 11.9 Å². The molecule has 130 valence electrons. The number of hydrogen-bond donors (Lipinski definition) is 2. The lowest BCUT2D eigenvalue weighted by atomic mass is 10.0. The van der Waals surface area contributed by atoms with Crippen molar-refractivity contribution in [3.8, 4) is 0 Å². The molecule has 1 heterocycles. The molecule has 0 saturated carbocycles. The summed E-state index contributed by atoms with van der Waals surface area (Å²) in [5.74, 6) is 0.101. The second-order valence-corrected chi connectivity index (χ2v) is 6.37. The van der Waals surface area contributed by atoms with Gasteiger partial charge in [-0.05, 0) is 54.8 Å². The van der Waals surface area contributed by atoms with Crippen molar-refractivity contribution in [3.05, 3.63) is 53.1 Å². The summed E-state index contributed by atoms with van der Waals surface area (Å²) in [4.78, 5) is 26.1. The van der Waals surface area contributed by atoms with Crippen LogP contribution in [-0.2, 0) is 11.2 Å². The fraction of sp³-hybridized carbons (Fsp3) is 0.263. The van der Waals surface area contributed by atoms with Gasteiger partial charge in [-0.3, -0.25) is 4.79 Å². The van der Waals surface area contributed by atoms with E-state index in [1.165, 1.54) is 0 Å². The first kappa shape index (κ1) is 17.3. The first-order chi connectivity index (χ1) is 12.1. The number of benzene rings is 2. The van der Waals surface area contributed by atoms with Crippen molar-refractivity contribution < 1.29 is 9.59 Å². The first-order valence-corrected chi connectivity index (χ1v) is 8.71. The molecular formula is C19H20ClN3O2.